The van der Waals surface area contributed by atoms with Crippen molar-refractivity contribution in [3.63, 3.8) is 0 Å². The van der Waals surface area contributed by atoms with Gasteiger partial charge in [0.25, 0.3) is 5.91 Å². The van der Waals surface area contributed by atoms with Crippen LogP contribution in [0.5, 0.6) is 5.75 Å². The van der Waals surface area contributed by atoms with Gasteiger partial charge in [0, 0.05) is 18.3 Å². The molecule has 2 atom stereocenters. The van der Waals surface area contributed by atoms with Crippen LogP contribution in [-0.2, 0) is 0 Å². The maximum Gasteiger partial charge on any atom is 0.253 e. The lowest BCUT2D eigenvalue weighted by atomic mass is 9.79. The van der Waals surface area contributed by atoms with Crippen LogP contribution in [0.1, 0.15) is 43.0 Å². The molecule has 1 aromatic carbocycles. The predicted octanol–water partition coefficient (Wildman–Crippen LogP) is 1.95. The largest absolute Gasteiger partial charge is 0.497 e. The molecule has 0 saturated heterocycles. The number of anilines is 1. The van der Waals surface area contributed by atoms with Gasteiger partial charge in [-0.2, -0.15) is 0 Å². The number of hydrogen-bond acceptors (Lipinski definition) is 4. The normalized spacial score (nSPS) is 25.4. The van der Waals surface area contributed by atoms with Gasteiger partial charge in [0.05, 0.1) is 18.3 Å². The van der Waals surface area contributed by atoms with Crippen LogP contribution in [0.4, 0.5) is 5.69 Å². The van der Waals surface area contributed by atoms with Gasteiger partial charge in [0.2, 0.25) is 0 Å². The summed E-state index contributed by atoms with van der Waals surface area (Å²) in [5.41, 5.74) is 5.84. The van der Waals surface area contributed by atoms with Gasteiger partial charge in [-0.25, -0.2) is 0 Å². The van der Waals surface area contributed by atoms with Crippen LogP contribution in [-0.4, -0.2) is 30.3 Å². The highest BCUT2D eigenvalue weighted by Gasteiger charge is 2.33. The number of carbonyl (C=O) groups excluding carboxylic acids is 1. The molecule has 21 heavy (non-hydrogen) atoms. The number of ether oxygens (including phenoxy) is 1. The number of nitrogens with two attached hydrogens (primary N) is 1. The summed E-state index contributed by atoms with van der Waals surface area (Å²) < 4.78 is 5.06. The van der Waals surface area contributed by atoms with Crippen LogP contribution in [0.2, 0.25) is 0 Å². The molecule has 1 aromatic rings. The molecule has 0 bridgehead atoms. The first-order chi connectivity index (χ1) is 9.93. The highest BCUT2D eigenvalue weighted by atomic mass is 16.5. The quantitative estimate of drug-likeness (QED) is 0.741. The molecule has 1 aliphatic carbocycles. The second kappa shape index (κ2) is 6.35. The molecule has 116 valence electrons. The number of carbonyl (C=O) groups is 1. The number of nitrogens with one attached hydrogen (secondary N) is 1. The molecule has 1 amide bonds. The molecular formula is C16H24N2O3. The molecule has 0 radical (unpaired) electrons. The van der Waals surface area contributed by atoms with Crippen molar-refractivity contribution < 1.29 is 14.6 Å². The van der Waals surface area contributed by atoms with Crippen molar-refractivity contribution in [1.29, 1.82) is 0 Å². The van der Waals surface area contributed by atoms with E-state index in [2.05, 4.69) is 12.2 Å². The van der Waals surface area contributed by atoms with Gasteiger partial charge in [0.15, 0.2) is 0 Å². The Morgan fingerprint density at radius 1 is 1.57 bits per heavy atom. The fourth-order valence-electron chi connectivity index (χ4n) is 3.01. The first-order valence-corrected chi connectivity index (χ1v) is 7.37. The minimum atomic E-state index is -0.797. The summed E-state index contributed by atoms with van der Waals surface area (Å²) in [5, 5.41) is 13.3. The van der Waals surface area contributed by atoms with Crippen LogP contribution in [0.25, 0.3) is 0 Å². The average molecular weight is 292 g/mol. The van der Waals surface area contributed by atoms with E-state index >= 15 is 0 Å². The lowest BCUT2D eigenvalue weighted by Crippen LogP contribution is -2.45. The monoisotopic (exact) mass is 292 g/mol. The molecule has 1 aliphatic rings. The summed E-state index contributed by atoms with van der Waals surface area (Å²) >= 11 is 0. The summed E-state index contributed by atoms with van der Waals surface area (Å²) in [7, 11) is 1.55. The van der Waals surface area contributed by atoms with Gasteiger partial charge in [-0.1, -0.05) is 19.8 Å². The zero-order chi connectivity index (χ0) is 15.5. The second-order valence-corrected chi connectivity index (χ2v) is 6.06. The van der Waals surface area contributed by atoms with Gasteiger partial charge < -0.3 is 20.9 Å². The van der Waals surface area contributed by atoms with Crippen molar-refractivity contribution in [2.24, 2.45) is 5.92 Å². The molecule has 0 spiro atoms. The minimum Gasteiger partial charge on any atom is -0.497 e. The van der Waals surface area contributed by atoms with Crippen LogP contribution in [0, 0.1) is 5.92 Å². The topological polar surface area (TPSA) is 84.6 Å². The lowest BCUT2D eigenvalue weighted by molar-refractivity contribution is -0.0109. The number of benzene rings is 1. The third kappa shape index (κ3) is 3.88. The number of nitrogen functional groups attached to an aromatic ring is 1. The predicted molar refractivity (Wildman–Crippen MR) is 82.3 cm³/mol. The molecule has 5 nitrogen and oxygen atoms in total. The molecule has 0 aromatic heterocycles. The molecule has 4 N–H and O–H groups in total. The van der Waals surface area contributed by atoms with Crippen molar-refractivity contribution >= 4 is 11.6 Å². The highest BCUT2D eigenvalue weighted by Crippen LogP contribution is 2.31. The molecular weight excluding hydrogens is 268 g/mol. The van der Waals surface area contributed by atoms with E-state index < -0.39 is 5.60 Å². The van der Waals surface area contributed by atoms with E-state index in [0.717, 1.165) is 25.7 Å². The zero-order valence-corrected chi connectivity index (χ0v) is 12.7. The van der Waals surface area contributed by atoms with Crippen LogP contribution in [0.3, 0.4) is 0 Å². The van der Waals surface area contributed by atoms with Crippen molar-refractivity contribution in [2.45, 2.75) is 38.2 Å². The van der Waals surface area contributed by atoms with E-state index in [4.69, 9.17) is 10.5 Å². The Balaban J connectivity index is 1.98. The number of rotatable bonds is 4. The van der Waals surface area contributed by atoms with E-state index in [1.165, 1.54) is 0 Å². The fraction of sp³-hybridized carbons (Fsp3) is 0.562. The maximum atomic E-state index is 12.2. The summed E-state index contributed by atoms with van der Waals surface area (Å²) in [5.74, 6) is 0.845. The third-order valence-electron chi connectivity index (χ3n) is 4.15. The summed E-state index contributed by atoms with van der Waals surface area (Å²) in [6.45, 7) is 2.40. The SMILES string of the molecule is COc1ccc(C(=O)NCC2(O)CCCC(C)C2)c(N)c1. The third-order valence-corrected chi connectivity index (χ3v) is 4.15. The summed E-state index contributed by atoms with van der Waals surface area (Å²) in [6, 6.07) is 4.95. The lowest BCUT2D eigenvalue weighted by Gasteiger charge is -2.35. The van der Waals surface area contributed by atoms with Gasteiger partial charge in [0.1, 0.15) is 5.75 Å². The van der Waals surface area contributed by atoms with Crippen LogP contribution in [0.15, 0.2) is 18.2 Å². The van der Waals surface area contributed by atoms with E-state index in [1.54, 1.807) is 25.3 Å². The molecule has 5 heteroatoms. The van der Waals surface area contributed by atoms with E-state index in [-0.39, 0.29) is 12.5 Å². The first-order valence-electron chi connectivity index (χ1n) is 7.37. The van der Waals surface area contributed by atoms with Crippen LogP contribution < -0.4 is 15.8 Å². The Labute approximate surface area is 125 Å². The Morgan fingerprint density at radius 3 is 2.95 bits per heavy atom. The minimum absolute atomic E-state index is 0.262. The molecule has 0 aliphatic heterocycles. The average Bonchev–Trinajstić information content (AvgIpc) is 2.44. The Bertz CT molecular complexity index is 518. The van der Waals surface area contributed by atoms with Crippen molar-refractivity contribution in [3.8, 4) is 5.75 Å². The zero-order valence-electron chi connectivity index (χ0n) is 12.7. The number of methoxy groups -OCH3 is 1. The summed E-state index contributed by atoms with van der Waals surface area (Å²) in [6.07, 6.45) is 3.60. The molecule has 2 rings (SSSR count). The van der Waals surface area contributed by atoms with Gasteiger partial charge >= 0.3 is 0 Å². The molecule has 0 heterocycles. The Morgan fingerprint density at radius 2 is 2.33 bits per heavy atom. The highest BCUT2D eigenvalue weighted by molar-refractivity contribution is 5.99. The second-order valence-electron chi connectivity index (χ2n) is 6.06. The van der Waals surface area contributed by atoms with Crippen molar-refractivity contribution in [3.05, 3.63) is 23.8 Å². The smallest absolute Gasteiger partial charge is 0.253 e. The number of amides is 1. The van der Waals surface area contributed by atoms with E-state index in [1.807, 2.05) is 0 Å². The van der Waals surface area contributed by atoms with Gasteiger partial charge in [-0.05, 0) is 30.9 Å². The van der Waals surface area contributed by atoms with Crippen molar-refractivity contribution in [1.82, 2.24) is 5.32 Å². The van der Waals surface area contributed by atoms with E-state index in [0.29, 0.717) is 22.9 Å². The van der Waals surface area contributed by atoms with E-state index in [9.17, 15) is 9.90 Å². The maximum absolute atomic E-state index is 12.2. The van der Waals surface area contributed by atoms with Crippen molar-refractivity contribution in [2.75, 3.05) is 19.4 Å². The van der Waals surface area contributed by atoms with Gasteiger partial charge in [-0.3, -0.25) is 4.79 Å². The number of aliphatic hydroxyl groups is 1. The van der Waals surface area contributed by atoms with Gasteiger partial charge in [-0.15, -0.1) is 0 Å². The summed E-state index contributed by atoms with van der Waals surface area (Å²) in [4.78, 5) is 12.2. The Hall–Kier alpha value is -1.75. The first kappa shape index (κ1) is 15.6. The van der Waals surface area contributed by atoms with Crippen LogP contribution >= 0.6 is 0 Å². The fourth-order valence-corrected chi connectivity index (χ4v) is 3.01. The standard InChI is InChI=1S/C16H24N2O3/c1-11-4-3-7-16(20,9-11)10-18-15(19)13-6-5-12(21-2)8-14(13)17/h5-6,8,11,20H,3-4,7,9-10,17H2,1-2H3,(H,18,19). The molecule has 2 unspecified atom stereocenters. The molecule has 1 saturated carbocycles. The molecule has 1 fully saturated rings. The number of hydrogen-bond donors (Lipinski definition) is 3. The Kier molecular flexibility index (Phi) is 4.73.